The van der Waals surface area contributed by atoms with Gasteiger partial charge in [0, 0.05) is 36.8 Å². The normalized spacial score (nSPS) is 21.7. The van der Waals surface area contributed by atoms with Crippen LogP contribution in [0.3, 0.4) is 0 Å². The summed E-state index contributed by atoms with van der Waals surface area (Å²) in [6.45, 7) is 4.32. The van der Waals surface area contributed by atoms with Crippen LogP contribution in [0.4, 0.5) is 10.6 Å². The Kier molecular flexibility index (Phi) is 4.24. The number of nitrogens with zero attached hydrogens (tertiary/aromatic N) is 4. The summed E-state index contributed by atoms with van der Waals surface area (Å²) in [5.41, 5.74) is 0.382. The van der Waals surface area contributed by atoms with Crippen molar-refractivity contribution in [3.63, 3.8) is 0 Å². The van der Waals surface area contributed by atoms with Crippen molar-refractivity contribution in [2.45, 2.75) is 38.8 Å². The van der Waals surface area contributed by atoms with Gasteiger partial charge < -0.3 is 9.42 Å². The van der Waals surface area contributed by atoms with Gasteiger partial charge in [0.25, 0.3) is 0 Å². The van der Waals surface area contributed by atoms with Crippen molar-refractivity contribution in [1.29, 1.82) is 0 Å². The van der Waals surface area contributed by atoms with Crippen LogP contribution >= 0.6 is 11.3 Å². The zero-order valence-electron chi connectivity index (χ0n) is 14.6. The number of hydrogen-bond donors (Lipinski definition) is 1. The van der Waals surface area contributed by atoms with Gasteiger partial charge in [-0.3, -0.25) is 10.2 Å². The van der Waals surface area contributed by atoms with Gasteiger partial charge in [0.05, 0.1) is 6.54 Å². The minimum atomic E-state index is -0.0866. The highest BCUT2D eigenvalue weighted by Crippen LogP contribution is 2.56. The van der Waals surface area contributed by atoms with Gasteiger partial charge in [-0.25, -0.2) is 9.78 Å². The Morgan fingerprint density at radius 1 is 1.52 bits per heavy atom. The second-order valence-corrected chi connectivity index (χ2v) is 8.14. The first kappa shape index (κ1) is 16.5. The average Bonchev–Trinajstić information content (AvgIpc) is 2.92. The molecule has 1 aliphatic heterocycles. The molecule has 2 fully saturated rings. The minimum absolute atomic E-state index is 0.0866. The summed E-state index contributed by atoms with van der Waals surface area (Å²) in [7, 11) is 2.19. The zero-order valence-corrected chi connectivity index (χ0v) is 15.4. The fourth-order valence-corrected chi connectivity index (χ4v) is 4.59. The molecular weight excluding hydrogens is 338 g/mol. The zero-order chi connectivity index (χ0) is 17.4. The van der Waals surface area contributed by atoms with Crippen LogP contribution in [0.1, 0.15) is 30.0 Å². The van der Waals surface area contributed by atoms with Gasteiger partial charge in [-0.2, -0.15) is 0 Å². The first-order valence-electron chi connectivity index (χ1n) is 8.64. The van der Waals surface area contributed by atoms with Gasteiger partial charge in [-0.15, -0.1) is 11.3 Å². The molecule has 3 heterocycles. The lowest BCUT2D eigenvalue weighted by Crippen LogP contribution is -2.43. The fraction of sp³-hybridized carbons (Fsp3) is 0.588. The number of rotatable bonds is 4. The molecule has 1 aliphatic carbocycles. The number of amides is 2. The van der Waals surface area contributed by atoms with Gasteiger partial charge >= 0.3 is 6.03 Å². The van der Waals surface area contributed by atoms with Gasteiger partial charge in [-0.05, 0) is 38.6 Å². The molecule has 2 amide bonds. The van der Waals surface area contributed by atoms with E-state index in [-0.39, 0.29) is 6.03 Å². The van der Waals surface area contributed by atoms with Crippen molar-refractivity contribution >= 4 is 23.2 Å². The molecule has 1 saturated carbocycles. The van der Waals surface area contributed by atoms with Crippen molar-refractivity contribution in [2.75, 3.05) is 25.5 Å². The van der Waals surface area contributed by atoms with Crippen molar-refractivity contribution in [1.82, 2.24) is 19.9 Å². The highest BCUT2D eigenvalue weighted by molar-refractivity contribution is 7.09. The molecule has 2 aromatic rings. The second-order valence-electron chi connectivity index (χ2n) is 7.16. The van der Waals surface area contributed by atoms with E-state index in [1.165, 1.54) is 11.4 Å². The van der Waals surface area contributed by atoms with Crippen molar-refractivity contribution in [3.8, 4) is 0 Å². The van der Waals surface area contributed by atoms with Crippen LogP contribution in [-0.4, -0.2) is 52.2 Å². The minimum Gasteiger partial charge on any atom is -0.360 e. The smallest absolute Gasteiger partial charge is 0.323 e. The van der Waals surface area contributed by atoms with Crippen molar-refractivity contribution in [3.05, 3.63) is 28.4 Å². The van der Waals surface area contributed by atoms with Gasteiger partial charge in [-0.1, -0.05) is 5.16 Å². The number of piperidine rings is 1. The summed E-state index contributed by atoms with van der Waals surface area (Å²) in [5.74, 6) is 1.17. The molecule has 1 unspecified atom stereocenters. The lowest BCUT2D eigenvalue weighted by atomic mass is 9.92. The number of nitrogens with one attached hydrogen (secondary N) is 1. The maximum atomic E-state index is 12.4. The summed E-state index contributed by atoms with van der Waals surface area (Å²) < 4.78 is 4.99. The molecule has 2 aromatic heterocycles. The number of anilines is 1. The third-order valence-electron chi connectivity index (χ3n) is 5.46. The molecule has 1 N–H and O–H groups in total. The van der Waals surface area contributed by atoms with Crippen molar-refractivity contribution in [2.24, 2.45) is 5.41 Å². The Morgan fingerprint density at radius 3 is 2.96 bits per heavy atom. The highest BCUT2D eigenvalue weighted by Gasteiger charge is 2.56. The van der Waals surface area contributed by atoms with E-state index in [2.05, 4.69) is 27.4 Å². The first-order valence-corrected chi connectivity index (χ1v) is 9.52. The van der Waals surface area contributed by atoms with Crippen LogP contribution in [0.15, 0.2) is 22.2 Å². The van der Waals surface area contributed by atoms with E-state index in [9.17, 15) is 4.79 Å². The molecule has 1 saturated heterocycles. The Labute approximate surface area is 151 Å². The molecule has 2 aliphatic rings. The second kappa shape index (κ2) is 6.42. The molecule has 8 heteroatoms. The summed E-state index contributed by atoms with van der Waals surface area (Å²) in [6, 6.07) is 2.25. The number of urea groups is 1. The van der Waals surface area contributed by atoms with E-state index in [1.807, 2.05) is 23.4 Å². The predicted octanol–water partition coefficient (Wildman–Crippen LogP) is 2.96. The van der Waals surface area contributed by atoms with Crippen molar-refractivity contribution < 1.29 is 9.32 Å². The molecule has 0 aromatic carbocycles. The standard InChI is InChI=1S/C17H23N5O2S/c1-12-9-14(20-24-12)19-16(23)22-6-3-17(4-7-22)10-13(17)21(2)11-15-18-5-8-25-15/h5,8-9,13H,3-4,6-7,10-11H2,1-2H3,(H,19,20,23). The Bertz CT molecular complexity index is 736. The predicted molar refractivity (Wildman–Crippen MR) is 95.5 cm³/mol. The Balaban J connectivity index is 1.28. The summed E-state index contributed by atoms with van der Waals surface area (Å²) >= 11 is 1.71. The van der Waals surface area contributed by atoms with E-state index < -0.39 is 0 Å². The largest absolute Gasteiger partial charge is 0.360 e. The molecular formula is C17H23N5O2S. The molecule has 7 nitrogen and oxygen atoms in total. The molecule has 1 spiro atoms. The molecule has 134 valence electrons. The highest BCUT2D eigenvalue weighted by atomic mass is 32.1. The fourth-order valence-electron chi connectivity index (χ4n) is 3.91. The quantitative estimate of drug-likeness (QED) is 0.906. The number of carbonyl (C=O) groups is 1. The van der Waals surface area contributed by atoms with E-state index in [0.29, 0.717) is 23.0 Å². The number of thiazole rings is 1. The lowest BCUT2D eigenvalue weighted by Gasteiger charge is -2.33. The first-order chi connectivity index (χ1) is 12.1. The summed E-state index contributed by atoms with van der Waals surface area (Å²) in [6.07, 6.45) is 5.22. The van der Waals surface area contributed by atoms with Crippen LogP contribution in [0.2, 0.25) is 0 Å². The molecule has 0 radical (unpaired) electrons. The maximum absolute atomic E-state index is 12.4. The molecule has 1 atom stereocenters. The van der Waals surface area contributed by atoms with E-state index >= 15 is 0 Å². The molecule has 25 heavy (non-hydrogen) atoms. The van der Waals surface area contributed by atoms with Gasteiger partial charge in [0.2, 0.25) is 0 Å². The summed E-state index contributed by atoms with van der Waals surface area (Å²) in [5, 5.41) is 9.82. The average molecular weight is 361 g/mol. The lowest BCUT2D eigenvalue weighted by molar-refractivity contribution is 0.156. The molecule has 4 rings (SSSR count). The number of carbonyl (C=O) groups excluding carboxylic acids is 1. The number of aryl methyl sites for hydroxylation is 1. The SMILES string of the molecule is Cc1cc(NC(=O)N2CCC3(CC2)CC3N(C)Cc2nccs2)no1. The third-order valence-corrected chi connectivity index (χ3v) is 6.22. The third kappa shape index (κ3) is 3.41. The van der Waals surface area contributed by atoms with Crippen LogP contribution in [0, 0.1) is 12.3 Å². The molecule has 0 bridgehead atoms. The van der Waals surface area contributed by atoms with Gasteiger partial charge in [0.1, 0.15) is 10.8 Å². The monoisotopic (exact) mass is 361 g/mol. The number of hydrogen-bond acceptors (Lipinski definition) is 6. The number of likely N-dealkylation sites (tertiary alicyclic amines) is 1. The van der Waals surface area contributed by atoms with Crippen LogP contribution < -0.4 is 5.32 Å². The summed E-state index contributed by atoms with van der Waals surface area (Å²) in [4.78, 5) is 21.0. The van der Waals surface area contributed by atoms with E-state index in [4.69, 9.17) is 4.52 Å². The number of aromatic nitrogens is 2. The van der Waals surface area contributed by atoms with Gasteiger partial charge in [0.15, 0.2) is 5.82 Å². The van der Waals surface area contributed by atoms with Crippen LogP contribution in [-0.2, 0) is 6.54 Å². The topological polar surface area (TPSA) is 74.5 Å². The Morgan fingerprint density at radius 2 is 2.32 bits per heavy atom. The van der Waals surface area contributed by atoms with Crippen LogP contribution in [0.5, 0.6) is 0 Å². The van der Waals surface area contributed by atoms with Crippen LogP contribution in [0.25, 0.3) is 0 Å². The van der Waals surface area contributed by atoms with E-state index in [1.54, 1.807) is 17.4 Å². The van der Waals surface area contributed by atoms with E-state index in [0.717, 1.165) is 32.5 Å². The Hall–Kier alpha value is -1.93. The maximum Gasteiger partial charge on any atom is 0.323 e.